The van der Waals surface area contributed by atoms with Crippen LogP contribution in [0.1, 0.15) is 12.8 Å². The number of carbonyl (C=O) groups is 1. The maximum Gasteiger partial charge on any atom is 0.409 e. The van der Waals surface area contributed by atoms with Crippen LogP contribution in [0.2, 0.25) is 0 Å². The molecule has 1 saturated carbocycles. The lowest BCUT2D eigenvalue weighted by atomic mass is 9.87. The fraction of sp³-hybridized carbons (Fsp3) is 0.857. The molecule has 5 heteroatoms. The van der Waals surface area contributed by atoms with Crippen LogP contribution >= 0.6 is 12.4 Å². The number of carbonyl (C=O) groups excluding carboxylic acids is 1. The van der Waals surface area contributed by atoms with Crippen molar-refractivity contribution in [1.29, 1.82) is 0 Å². The topological polar surface area (TPSA) is 55.6 Å². The molecule has 1 rings (SSSR count). The van der Waals surface area contributed by atoms with E-state index in [4.69, 9.17) is 5.73 Å². The van der Waals surface area contributed by atoms with E-state index in [0.29, 0.717) is 0 Å². The molecule has 0 heterocycles. The molecule has 0 aromatic carbocycles. The van der Waals surface area contributed by atoms with Crippen LogP contribution in [-0.4, -0.2) is 37.2 Å². The summed E-state index contributed by atoms with van der Waals surface area (Å²) in [5.74, 6) is 0. The van der Waals surface area contributed by atoms with Gasteiger partial charge in [-0.3, -0.25) is 0 Å². The third-order valence-corrected chi connectivity index (χ3v) is 2.16. The van der Waals surface area contributed by atoms with Crippen LogP contribution in [0, 0.1) is 0 Å². The lowest BCUT2D eigenvalue weighted by Crippen LogP contribution is -2.51. The summed E-state index contributed by atoms with van der Waals surface area (Å²) in [5, 5.41) is 0. The van der Waals surface area contributed by atoms with Gasteiger partial charge < -0.3 is 15.4 Å². The summed E-state index contributed by atoms with van der Waals surface area (Å²) in [5.41, 5.74) is 5.57. The second-order valence-electron chi connectivity index (χ2n) is 2.97. The lowest BCUT2D eigenvalue weighted by molar-refractivity contribution is 0.0902. The molecule has 0 spiro atoms. The highest BCUT2D eigenvalue weighted by Crippen LogP contribution is 2.22. The average Bonchev–Trinajstić information content (AvgIpc) is 1.96. The van der Waals surface area contributed by atoms with E-state index in [1.54, 1.807) is 11.9 Å². The van der Waals surface area contributed by atoms with Gasteiger partial charge in [0.2, 0.25) is 0 Å². The number of amides is 1. The molecule has 1 aliphatic carbocycles. The third kappa shape index (κ3) is 2.25. The number of rotatable bonds is 1. The van der Waals surface area contributed by atoms with Gasteiger partial charge in [-0.2, -0.15) is 0 Å². The van der Waals surface area contributed by atoms with Crippen molar-refractivity contribution < 1.29 is 9.53 Å². The summed E-state index contributed by atoms with van der Waals surface area (Å²) in [6, 6.07) is 0.560. The van der Waals surface area contributed by atoms with Gasteiger partial charge in [-0.25, -0.2) is 4.79 Å². The molecule has 0 aromatic rings. The van der Waals surface area contributed by atoms with Crippen LogP contribution in [-0.2, 0) is 4.74 Å². The van der Waals surface area contributed by atoms with E-state index < -0.39 is 0 Å². The Morgan fingerprint density at radius 2 is 2.08 bits per heavy atom. The van der Waals surface area contributed by atoms with Crippen molar-refractivity contribution in [2.75, 3.05) is 14.2 Å². The second-order valence-corrected chi connectivity index (χ2v) is 2.97. The van der Waals surface area contributed by atoms with E-state index in [0.717, 1.165) is 12.8 Å². The van der Waals surface area contributed by atoms with Crippen LogP contribution in [0.15, 0.2) is 0 Å². The highest BCUT2D eigenvalue weighted by molar-refractivity contribution is 5.85. The number of hydrogen-bond acceptors (Lipinski definition) is 3. The molecule has 0 radical (unpaired) electrons. The zero-order chi connectivity index (χ0) is 8.43. The van der Waals surface area contributed by atoms with Gasteiger partial charge in [-0.05, 0) is 12.8 Å². The van der Waals surface area contributed by atoms with Gasteiger partial charge in [0.05, 0.1) is 7.11 Å². The first-order valence-electron chi connectivity index (χ1n) is 3.71. The van der Waals surface area contributed by atoms with Crippen molar-refractivity contribution >= 4 is 18.5 Å². The molecule has 0 aliphatic heterocycles. The molecule has 0 unspecified atom stereocenters. The Balaban J connectivity index is 0.00000121. The summed E-state index contributed by atoms with van der Waals surface area (Å²) in [6.45, 7) is 0. The summed E-state index contributed by atoms with van der Waals surface area (Å²) < 4.78 is 4.55. The fourth-order valence-electron chi connectivity index (χ4n) is 1.24. The molecule has 2 N–H and O–H groups in total. The monoisotopic (exact) mass is 194 g/mol. The first-order valence-corrected chi connectivity index (χ1v) is 3.71. The minimum absolute atomic E-state index is 0. The lowest BCUT2D eigenvalue weighted by Gasteiger charge is -2.38. The summed E-state index contributed by atoms with van der Waals surface area (Å²) >= 11 is 0. The smallest absolute Gasteiger partial charge is 0.409 e. The summed E-state index contributed by atoms with van der Waals surface area (Å²) in [6.07, 6.45) is 1.51. The minimum atomic E-state index is -0.276. The Labute approximate surface area is 78.5 Å². The average molecular weight is 195 g/mol. The molecule has 0 atom stereocenters. The zero-order valence-corrected chi connectivity index (χ0v) is 8.13. The number of methoxy groups -OCH3 is 1. The quantitative estimate of drug-likeness (QED) is 0.665. The largest absolute Gasteiger partial charge is 0.453 e. The Kier molecular flexibility index (Phi) is 4.34. The Hall–Kier alpha value is -0.480. The van der Waals surface area contributed by atoms with Crippen molar-refractivity contribution in [3.05, 3.63) is 0 Å². The van der Waals surface area contributed by atoms with Crippen molar-refractivity contribution in [3.63, 3.8) is 0 Å². The molecule has 1 fully saturated rings. The first kappa shape index (κ1) is 11.5. The zero-order valence-electron chi connectivity index (χ0n) is 7.32. The maximum atomic E-state index is 10.9. The number of ether oxygens (including phenoxy) is 1. The van der Waals surface area contributed by atoms with E-state index in [-0.39, 0.29) is 30.6 Å². The van der Waals surface area contributed by atoms with Crippen LogP contribution in [0.25, 0.3) is 0 Å². The van der Waals surface area contributed by atoms with Crippen molar-refractivity contribution in [2.45, 2.75) is 24.9 Å². The van der Waals surface area contributed by atoms with Gasteiger partial charge in [0, 0.05) is 19.1 Å². The number of nitrogens with two attached hydrogens (primary N) is 1. The molecule has 1 aliphatic rings. The van der Waals surface area contributed by atoms with Gasteiger partial charge in [0.1, 0.15) is 0 Å². The molecule has 0 aromatic heterocycles. The molecule has 1 amide bonds. The van der Waals surface area contributed by atoms with Gasteiger partial charge in [-0.15, -0.1) is 12.4 Å². The first-order chi connectivity index (χ1) is 5.15. The third-order valence-electron chi connectivity index (χ3n) is 2.16. The number of nitrogens with zero attached hydrogens (tertiary/aromatic N) is 1. The van der Waals surface area contributed by atoms with Gasteiger partial charge in [-0.1, -0.05) is 0 Å². The predicted octanol–water partition coefficient (Wildman–Crippen LogP) is 0.596. The van der Waals surface area contributed by atoms with E-state index in [1.165, 1.54) is 7.11 Å². The fourth-order valence-corrected chi connectivity index (χ4v) is 1.24. The van der Waals surface area contributed by atoms with Gasteiger partial charge in [0.15, 0.2) is 0 Å². The minimum Gasteiger partial charge on any atom is -0.453 e. The van der Waals surface area contributed by atoms with Gasteiger partial charge >= 0.3 is 6.09 Å². The predicted molar refractivity (Wildman–Crippen MR) is 48.4 cm³/mol. The van der Waals surface area contributed by atoms with Crippen LogP contribution < -0.4 is 5.73 Å². The summed E-state index contributed by atoms with van der Waals surface area (Å²) in [7, 11) is 3.12. The Morgan fingerprint density at radius 1 is 1.58 bits per heavy atom. The van der Waals surface area contributed by atoms with Crippen molar-refractivity contribution in [1.82, 2.24) is 4.90 Å². The molecule has 72 valence electrons. The van der Waals surface area contributed by atoms with Gasteiger partial charge in [0.25, 0.3) is 0 Å². The maximum absolute atomic E-state index is 10.9. The van der Waals surface area contributed by atoms with E-state index >= 15 is 0 Å². The summed E-state index contributed by atoms with van der Waals surface area (Å²) in [4.78, 5) is 12.5. The standard InChI is InChI=1S/C7H14N2O2.ClH/c1-9(7(10)11-2)6-3-5(8)4-6;/h5-6H,3-4,8H2,1-2H3;1H. The molecular formula is C7H15ClN2O2. The van der Waals surface area contributed by atoms with Crippen LogP contribution in [0.3, 0.4) is 0 Å². The SMILES string of the molecule is COC(=O)N(C)C1CC(N)C1.Cl. The highest BCUT2D eigenvalue weighted by atomic mass is 35.5. The number of hydrogen-bond donors (Lipinski definition) is 1. The van der Waals surface area contributed by atoms with Crippen molar-refractivity contribution in [2.24, 2.45) is 5.73 Å². The normalized spacial score (nSPS) is 26.6. The van der Waals surface area contributed by atoms with E-state index in [1.807, 2.05) is 0 Å². The molecule has 0 saturated heterocycles. The highest BCUT2D eigenvalue weighted by Gasteiger charge is 2.31. The van der Waals surface area contributed by atoms with Crippen LogP contribution in [0.5, 0.6) is 0 Å². The Morgan fingerprint density at radius 3 is 2.42 bits per heavy atom. The van der Waals surface area contributed by atoms with Crippen LogP contribution in [0.4, 0.5) is 4.79 Å². The molecule has 12 heavy (non-hydrogen) atoms. The molecular weight excluding hydrogens is 180 g/mol. The van der Waals surface area contributed by atoms with Crippen molar-refractivity contribution in [3.8, 4) is 0 Å². The second kappa shape index (κ2) is 4.52. The van der Waals surface area contributed by atoms with E-state index in [2.05, 4.69) is 4.74 Å². The number of halogens is 1. The molecule has 4 nitrogen and oxygen atoms in total. The van der Waals surface area contributed by atoms with E-state index in [9.17, 15) is 4.79 Å². The Bertz CT molecular complexity index is 159. The molecule has 0 bridgehead atoms.